The molecule has 218 valence electrons. The van der Waals surface area contributed by atoms with Crippen molar-refractivity contribution in [3.63, 3.8) is 0 Å². The minimum absolute atomic E-state index is 0.0336. The zero-order valence-corrected chi connectivity index (χ0v) is 23.6. The summed E-state index contributed by atoms with van der Waals surface area (Å²) in [5.41, 5.74) is 5.96. The Labute approximate surface area is 239 Å². The average molecular weight is 583 g/mol. The number of hydrogen-bond acceptors (Lipinski definition) is 8. The summed E-state index contributed by atoms with van der Waals surface area (Å²) in [6.45, 7) is -0.172. The van der Waals surface area contributed by atoms with E-state index in [-0.39, 0.29) is 31.3 Å². The van der Waals surface area contributed by atoms with Gasteiger partial charge in [-0.05, 0) is 66.6 Å². The molecule has 0 spiro atoms. The van der Waals surface area contributed by atoms with E-state index >= 15 is 0 Å². The molecule has 4 rings (SSSR count). The summed E-state index contributed by atoms with van der Waals surface area (Å²) < 4.78 is 42.2. The summed E-state index contributed by atoms with van der Waals surface area (Å²) in [5, 5.41) is 11.2. The van der Waals surface area contributed by atoms with Crippen molar-refractivity contribution >= 4 is 22.0 Å². The maximum atomic E-state index is 12.6. The van der Waals surface area contributed by atoms with Crippen LogP contribution in [0.5, 0.6) is 11.5 Å². The van der Waals surface area contributed by atoms with Gasteiger partial charge in [0.25, 0.3) is 5.91 Å². The lowest BCUT2D eigenvalue weighted by atomic mass is 9.91. The number of primary amides is 1. The Hall–Kier alpha value is -4.09. The predicted octanol–water partition coefficient (Wildman–Crippen LogP) is 4.12. The number of carbonyl (C=O) groups is 2. The number of aliphatic hydroxyl groups is 1. The third-order valence-corrected chi connectivity index (χ3v) is 7.39. The molecule has 10 nitrogen and oxygen atoms in total. The smallest absolute Gasteiger partial charge is 0.404 e. The molecule has 1 atom stereocenters. The highest BCUT2D eigenvalue weighted by Gasteiger charge is 2.31. The first kappa shape index (κ1) is 29.9. The van der Waals surface area contributed by atoms with Gasteiger partial charge in [-0.2, -0.15) is 0 Å². The molecule has 0 aromatic heterocycles. The average Bonchev–Trinajstić information content (AvgIpc) is 3.45. The lowest BCUT2D eigenvalue weighted by molar-refractivity contribution is -0.0386. The number of ether oxygens (including phenoxy) is 3. The molecule has 2 amide bonds. The summed E-state index contributed by atoms with van der Waals surface area (Å²) in [6.07, 6.45) is 3.89. The third-order valence-electron chi connectivity index (χ3n) is 6.84. The SMILES string of the molecule is CS(=O)(=O)NC(=O)c1ccc(-c2ccc(OCC[C@](O)(COC(N)=O)c3ccccc3)cc2)cc1OC1CCCC1. The van der Waals surface area contributed by atoms with Gasteiger partial charge in [-0.25, -0.2) is 17.9 Å². The van der Waals surface area contributed by atoms with E-state index in [0.29, 0.717) is 17.1 Å². The summed E-state index contributed by atoms with van der Waals surface area (Å²) in [4.78, 5) is 23.8. The molecule has 3 aromatic carbocycles. The van der Waals surface area contributed by atoms with Crippen LogP contribution in [0.1, 0.15) is 48.0 Å². The molecule has 0 radical (unpaired) electrons. The Bertz CT molecular complexity index is 1460. The lowest BCUT2D eigenvalue weighted by Crippen LogP contribution is -2.35. The van der Waals surface area contributed by atoms with Gasteiger partial charge in [-0.15, -0.1) is 0 Å². The van der Waals surface area contributed by atoms with E-state index in [1.54, 1.807) is 54.6 Å². The maximum absolute atomic E-state index is 12.6. The minimum atomic E-state index is -3.73. The van der Waals surface area contributed by atoms with Crippen LogP contribution in [0.15, 0.2) is 72.8 Å². The molecule has 0 aliphatic heterocycles. The Morgan fingerprint density at radius 2 is 1.66 bits per heavy atom. The van der Waals surface area contributed by atoms with Gasteiger partial charge in [-0.1, -0.05) is 48.5 Å². The molecule has 0 bridgehead atoms. The van der Waals surface area contributed by atoms with Crippen LogP contribution in [0.25, 0.3) is 11.1 Å². The van der Waals surface area contributed by atoms with Gasteiger partial charge in [0.15, 0.2) is 0 Å². The summed E-state index contributed by atoms with van der Waals surface area (Å²) >= 11 is 0. The van der Waals surface area contributed by atoms with E-state index in [9.17, 15) is 23.1 Å². The predicted molar refractivity (Wildman–Crippen MR) is 153 cm³/mol. The Morgan fingerprint density at radius 1 is 1.00 bits per heavy atom. The number of carbonyl (C=O) groups excluding carboxylic acids is 2. The van der Waals surface area contributed by atoms with Crippen LogP contribution in [-0.4, -0.2) is 51.1 Å². The van der Waals surface area contributed by atoms with Crippen molar-refractivity contribution in [2.45, 2.75) is 43.8 Å². The van der Waals surface area contributed by atoms with Gasteiger partial charge in [0.1, 0.15) is 23.7 Å². The first-order chi connectivity index (χ1) is 19.5. The molecule has 0 heterocycles. The summed E-state index contributed by atoms with van der Waals surface area (Å²) in [7, 11) is -3.73. The zero-order chi connectivity index (χ0) is 29.5. The maximum Gasteiger partial charge on any atom is 0.404 e. The number of nitrogens with two attached hydrogens (primary N) is 1. The van der Waals surface area contributed by atoms with Gasteiger partial charge in [0.2, 0.25) is 10.0 Å². The molecule has 0 unspecified atom stereocenters. The fourth-order valence-corrected chi connectivity index (χ4v) is 5.16. The molecule has 1 aliphatic carbocycles. The Kier molecular flexibility index (Phi) is 9.51. The van der Waals surface area contributed by atoms with Crippen LogP contribution < -0.4 is 19.9 Å². The van der Waals surface area contributed by atoms with Crippen molar-refractivity contribution in [1.29, 1.82) is 0 Å². The second kappa shape index (κ2) is 13.0. The van der Waals surface area contributed by atoms with Crippen molar-refractivity contribution in [1.82, 2.24) is 4.72 Å². The highest BCUT2D eigenvalue weighted by atomic mass is 32.2. The highest BCUT2D eigenvalue weighted by Crippen LogP contribution is 2.32. The first-order valence-corrected chi connectivity index (χ1v) is 15.2. The number of benzene rings is 3. The van der Waals surface area contributed by atoms with E-state index in [1.807, 2.05) is 22.9 Å². The number of rotatable bonds is 12. The fourth-order valence-electron chi connectivity index (χ4n) is 4.72. The van der Waals surface area contributed by atoms with Gasteiger partial charge in [0, 0.05) is 6.42 Å². The Balaban J connectivity index is 1.46. The van der Waals surface area contributed by atoms with E-state index in [2.05, 4.69) is 0 Å². The van der Waals surface area contributed by atoms with Gasteiger partial charge in [0.05, 0.1) is 24.5 Å². The number of hydrogen-bond donors (Lipinski definition) is 3. The topological polar surface area (TPSA) is 154 Å². The fraction of sp³-hybridized carbons (Fsp3) is 0.333. The van der Waals surface area contributed by atoms with Crippen LogP contribution in [0.4, 0.5) is 4.79 Å². The van der Waals surface area contributed by atoms with Gasteiger partial charge >= 0.3 is 6.09 Å². The largest absolute Gasteiger partial charge is 0.493 e. The molecule has 1 aliphatic rings. The van der Waals surface area contributed by atoms with Crippen molar-refractivity contribution in [2.24, 2.45) is 5.73 Å². The molecule has 41 heavy (non-hydrogen) atoms. The van der Waals surface area contributed by atoms with E-state index < -0.39 is 27.6 Å². The quantitative estimate of drug-likeness (QED) is 0.288. The normalized spacial score (nSPS) is 15.1. The molecule has 0 saturated heterocycles. The first-order valence-electron chi connectivity index (χ1n) is 13.3. The van der Waals surface area contributed by atoms with Crippen molar-refractivity contribution in [2.75, 3.05) is 19.5 Å². The second-order valence-corrected chi connectivity index (χ2v) is 11.8. The standard InChI is InChI=1S/C30H34N2O8S/c1-41(36,37)32-28(33)26-16-13-22(19-27(26)40-25-9-5-6-10-25)21-11-14-24(15-12-21)38-18-17-30(35,20-39-29(31)34)23-7-3-2-4-8-23/h2-4,7-8,11-16,19,25,35H,5-6,9-10,17-18,20H2,1H3,(H2,31,34)(H,32,33)/t30-/m0/s1. The highest BCUT2D eigenvalue weighted by molar-refractivity contribution is 7.89. The van der Waals surface area contributed by atoms with Gasteiger partial charge < -0.3 is 25.1 Å². The minimum Gasteiger partial charge on any atom is -0.493 e. The molecule has 11 heteroatoms. The molecular formula is C30H34N2O8S. The number of sulfonamides is 1. The Morgan fingerprint density at radius 3 is 2.29 bits per heavy atom. The van der Waals surface area contributed by atoms with Crippen molar-refractivity contribution < 1.29 is 37.3 Å². The van der Waals surface area contributed by atoms with E-state index in [4.69, 9.17) is 19.9 Å². The molecule has 4 N–H and O–H groups in total. The van der Waals surface area contributed by atoms with Crippen LogP contribution in [0, 0.1) is 0 Å². The van der Waals surface area contributed by atoms with E-state index in [0.717, 1.165) is 43.1 Å². The molecule has 1 fully saturated rings. The van der Waals surface area contributed by atoms with Crippen molar-refractivity contribution in [3.8, 4) is 22.6 Å². The third kappa shape index (κ3) is 8.45. The monoisotopic (exact) mass is 582 g/mol. The number of nitrogens with one attached hydrogen (secondary N) is 1. The summed E-state index contributed by atoms with van der Waals surface area (Å²) in [6, 6.07) is 21.1. The lowest BCUT2D eigenvalue weighted by Gasteiger charge is -2.28. The molecule has 1 saturated carbocycles. The van der Waals surface area contributed by atoms with Crippen molar-refractivity contribution in [3.05, 3.63) is 83.9 Å². The molecule has 3 aromatic rings. The second-order valence-electron chi connectivity index (χ2n) is 10.1. The zero-order valence-electron chi connectivity index (χ0n) is 22.7. The van der Waals surface area contributed by atoms with Crippen LogP contribution in [0.3, 0.4) is 0 Å². The van der Waals surface area contributed by atoms with Crippen LogP contribution >= 0.6 is 0 Å². The summed E-state index contributed by atoms with van der Waals surface area (Å²) in [5.74, 6) is 0.147. The molecular weight excluding hydrogens is 548 g/mol. The number of amides is 2. The van der Waals surface area contributed by atoms with E-state index in [1.165, 1.54) is 0 Å². The van der Waals surface area contributed by atoms with Crippen LogP contribution in [0.2, 0.25) is 0 Å². The van der Waals surface area contributed by atoms with Gasteiger partial charge in [-0.3, -0.25) is 4.79 Å². The van der Waals surface area contributed by atoms with Crippen LogP contribution in [-0.2, 0) is 20.4 Å².